The quantitative estimate of drug-likeness (QED) is 0.888. The van der Waals surface area contributed by atoms with E-state index >= 15 is 0 Å². The van der Waals surface area contributed by atoms with Crippen LogP contribution in [0.3, 0.4) is 0 Å². The number of fused-ring (bicyclic) bond motifs is 1. The Kier molecular flexibility index (Phi) is 2.86. The lowest BCUT2D eigenvalue weighted by atomic mass is 10.2. The molecule has 0 saturated carbocycles. The molecule has 0 unspecified atom stereocenters. The van der Waals surface area contributed by atoms with E-state index in [4.69, 9.17) is 0 Å². The third-order valence-electron chi connectivity index (χ3n) is 2.70. The Balaban J connectivity index is 1.81. The first kappa shape index (κ1) is 13.1. The fourth-order valence-corrected chi connectivity index (χ4v) is 1.80. The topological polar surface area (TPSA) is 80.7 Å². The lowest BCUT2D eigenvalue weighted by molar-refractivity contribution is -0.286. The highest BCUT2D eigenvalue weighted by molar-refractivity contribution is 6.06. The summed E-state index contributed by atoms with van der Waals surface area (Å²) in [7, 11) is 0. The van der Waals surface area contributed by atoms with Gasteiger partial charge in [-0.2, -0.15) is 0 Å². The van der Waals surface area contributed by atoms with Crippen LogP contribution in [0.4, 0.5) is 14.5 Å². The Morgan fingerprint density at radius 3 is 2.76 bits per heavy atom. The number of aromatic hydroxyl groups is 1. The predicted octanol–water partition coefficient (Wildman–Crippen LogP) is 2.36. The van der Waals surface area contributed by atoms with Crippen molar-refractivity contribution in [2.45, 2.75) is 6.29 Å². The summed E-state index contributed by atoms with van der Waals surface area (Å²) in [6.07, 6.45) is -1.25. The first-order chi connectivity index (χ1) is 9.94. The number of halogens is 2. The summed E-state index contributed by atoms with van der Waals surface area (Å²) in [6.45, 7) is 0. The van der Waals surface area contributed by atoms with Gasteiger partial charge in [-0.3, -0.25) is 9.78 Å². The van der Waals surface area contributed by atoms with Crippen LogP contribution in [0.25, 0.3) is 0 Å². The number of anilines is 1. The highest BCUT2D eigenvalue weighted by atomic mass is 19.3. The van der Waals surface area contributed by atoms with Crippen molar-refractivity contribution in [3.8, 4) is 17.2 Å². The van der Waals surface area contributed by atoms with E-state index in [2.05, 4.69) is 19.8 Å². The largest absolute Gasteiger partial charge is 0.586 e. The van der Waals surface area contributed by atoms with Crippen LogP contribution in [0.2, 0.25) is 0 Å². The van der Waals surface area contributed by atoms with Gasteiger partial charge in [0.2, 0.25) is 0 Å². The molecule has 108 valence electrons. The van der Waals surface area contributed by atoms with Gasteiger partial charge in [-0.25, -0.2) is 0 Å². The lowest BCUT2D eigenvalue weighted by Crippen LogP contribution is -2.25. The van der Waals surface area contributed by atoms with Gasteiger partial charge in [-0.15, -0.1) is 8.78 Å². The van der Waals surface area contributed by atoms with E-state index in [-0.39, 0.29) is 28.5 Å². The van der Waals surface area contributed by atoms with Crippen molar-refractivity contribution in [1.29, 1.82) is 0 Å². The number of pyridine rings is 1. The number of aromatic nitrogens is 1. The van der Waals surface area contributed by atoms with Crippen molar-refractivity contribution in [3.63, 3.8) is 0 Å². The van der Waals surface area contributed by atoms with Crippen molar-refractivity contribution in [1.82, 2.24) is 4.98 Å². The first-order valence-corrected chi connectivity index (χ1v) is 5.79. The number of carbonyl (C=O) groups is 1. The number of amides is 1. The monoisotopic (exact) mass is 294 g/mol. The minimum Gasteiger partial charge on any atom is -0.505 e. The van der Waals surface area contributed by atoms with Crippen LogP contribution in [0.5, 0.6) is 17.2 Å². The van der Waals surface area contributed by atoms with Gasteiger partial charge in [0.15, 0.2) is 11.5 Å². The molecule has 1 aromatic heterocycles. The molecule has 0 bridgehead atoms. The fraction of sp³-hybridized carbons (Fsp3) is 0.0769. The number of hydrogen-bond acceptors (Lipinski definition) is 5. The molecule has 2 aromatic rings. The van der Waals surface area contributed by atoms with Gasteiger partial charge >= 0.3 is 6.29 Å². The molecule has 1 aliphatic rings. The van der Waals surface area contributed by atoms with Crippen LogP contribution in [-0.2, 0) is 0 Å². The zero-order valence-electron chi connectivity index (χ0n) is 10.3. The maximum Gasteiger partial charge on any atom is 0.586 e. The van der Waals surface area contributed by atoms with Gasteiger partial charge in [0.05, 0.1) is 11.8 Å². The summed E-state index contributed by atoms with van der Waals surface area (Å²) in [6, 6.07) is 5.15. The number of rotatable bonds is 2. The van der Waals surface area contributed by atoms with Crippen molar-refractivity contribution >= 4 is 11.6 Å². The number of ether oxygens (including phenoxy) is 2. The van der Waals surface area contributed by atoms with Crippen molar-refractivity contribution < 1.29 is 28.2 Å². The van der Waals surface area contributed by atoms with E-state index < -0.39 is 12.2 Å². The Bertz CT molecular complexity index is 721. The fourth-order valence-electron chi connectivity index (χ4n) is 1.80. The van der Waals surface area contributed by atoms with Gasteiger partial charge in [0.1, 0.15) is 5.75 Å². The third kappa shape index (κ3) is 2.55. The van der Waals surface area contributed by atoms with Gasteiger partial charge in [-0.05, 0) is 18.2 Å². The summed E-state index contributed by atoms with van der Waals surface area (Å²) >= 11 is 0. The van der Waals surface area contributed by atoms with Crippen LogP contribution >= 0.6 is 0 Å². The highest BCUT2D eigenvalue weighted by Gasteiger charge is 2.43. The Hall–Kier alpha value is -2.90. The maximum absolute atomic E-state index is 12.9. The molecule has 1 aliphatic heterocycles. The van der Waals surface area contributed by atoms with Crippen LogP contribution in [0.1, 0.15) is 10.4 Å². The van der Waals surface area contributed by atoms with E-state index in [1.165, 1.54) is 30.5 Å². The molecule has 0 atom stereocenters. The molecule has 8 heteroatoms. The van der Waals surface area contributed by atoms with Crippen molar-refractivity contribution in [3.05, 3.63) is 42.2 Å². The van der Waals surface area contributed by atoms with Gasteiger partial charge in [0.25, 0.3) is 5.91 Å². The minimum atomic E-state index is -3.71. The molecule has 1 amide bonds. The van der Waals surface area contributed by atoms with E-state index in [1.807, 2.05) is 0 Å². The Morgan fingerprint density at radius 1 is 1.24 bits per heavy atom. The summed E-state index contributed by atoms with van der Waals surface area (Å²) in [5, 5.41) is 12.0. The van der Waals surface area contributed by atoms with Gasteiger partial charge in [-0.1, -0.05) is 0 Å². The normalized spacial score (nSPS) is 14.8. The standard InChI is InChI=1S/C13H8F2N2O4/c14-13(15)20-10-2-1-7(5-11(10)21-13)17-12(19)8-3-4-16-6-9(8)18/h1-6,18H,(H,17,19). The second kappa shape index (κ2) is 4.58. The summed E-state index contributed by atoms with van der Waals surface area (Å²) in [5.41, 5.74) is 0.226. The molecule has 0 saturated heterocycles. The van der Waals surface area contributed by atoms with Crippen LogP contribution in [-0.4, -0.2) is 22.3 Å². The number of nitrogens with zero attached hydrogens (tertiary/aromatic N) is 1. The van der Waals surface area contributed by atoms with Crippen LogP contribution in [0.15, 0.2) is 36.7 Å². The van der Waals surface area contributed by atoms with Crippen molar-refractivity contribution in [2.24, 2.45) is 0 Å². The second-order valence-electron chi connectivity index (χ2n) is 4.18. The smallest absolute Gasteiger partial charge is 0.505 e. The summed E-state index contributed by atoms with van der Waals surface area (Å²) in [4.78, 5) is 15.6. The first-order valence-electron chi connectivity index (χ1n) is 5.79. The van der Waals surface area contributed by atoms with E-state index in [0.29, 0.717) is 0 Å². The van der Waals surface area contributed by atoms with E-state index in [1.54, 1.807) is 0 Å². The van der Waals surface area contributed by atoms with E-state index in [0.717, 1.165) is 6.20 Å². The van der Waals surface area contributed by atoms with Crippen LogP contribution < -0.4 is 14.8 Å². The number of benzene rings is 1. The number of hydrogen-bond donors (Lipinski definition) is 2. The molecule has 0 radical (unpaired) electrons. The lowest BCUT2D eigenvalue weighted by Gasteiger charge is -2.07. The molecule has 3 rings (SSSR count). The number of alkyl halides is 2. The van der Waals surface area contributed by atoms with E-state index in [9.17, 15) is 18.7 Å². The SMILES string of the molecule is O=C(Nc1ccc2c(c1)OC(F)(F)O2)c1ccncc1O. The average molecular weight is 294 g/mol. The zero-order chi connectivity index (χ0) is 15.0. The number of nitrogens with one attached hydrogen (secondary N) is 1. The second-order valence-corrected chi connectivity index (χ2v) is 4.18. The minimum absolute atomic E-state index is 0.00740. The predicted molar refractivity (Wildman–Crippen MR) is 66.5 cm³/mol. The molecular weight excluding hydrogens is 286 g/mol. The molecule has 21 heavy (non-hydrogen) atoms. The maximum atomic E-state index is 12.9. The Labute approximate surface area is 116 Å². The van der Waals surface area contributed by atoms with Gasteiger partial charge in [0, 0.05) is 18.0 Å². The molecule has 1 aromatic carbocycles. The molecule has 0 fully saturated rings. The average Bonchev–Trinajstić information content (AvgIpc) is 2.72. The summed E-state index contributed by atoms with van der Waals surface area (Å²) < 4.78 is 34.3. The number of carbonyl (C=O) groups excluding carboxylic acids is 1. The molecule has 6 nitrogen and oxygen atoms in total. The van der Waals surface area contributed by atoms with Crippen molar-refractivity contribution in [2.75, 3.05) is 5.32 Å². The van der Waals surface area contributed by atoms with Crippen LogP contribution in [0, 0.1) is 0 Å². The molecule has 2 heterocycles. The highest BCUT2D eigenvalue weighted by Crippen LogP contribution is 2.42. The Morgan fingerprint density at radius 2 is 2.00 bits per heavy atom. The van der Waals surface area contributed by atoms with Gasteiger partial charge < -0.3 is 19.9 Å². The molecule has 2 N–H and O–H groups in total. The third-order valence-corrected chi connectivity index (χ3v) is 2.70. The zero-order valence-corrected chi connectivity index (χ0v) is 10.3. The molecular formula is C13H8F2N2O4. The summed E-state index contributed by atoms with van der Waals surface area (Å²) in [5.74, 6) is -1.20. The molecule has 0 spiro atoms. The molecule has 0 aliphatic carbocycles.